The van der Waals surface area contributed by atoms with Gasteiger partial charge in [-0.25, -0.2) is 0 Å². The van der Waals surface area contributed by atoms with E-state index in [1.807, 2.05) is 24.3 Å². The van der Waals surface area contributed by atoms with Crippen LogP contribution in [0, 0.1) is 0 Å². The summed E-state index contributed by atoms with van der Waals surface area (Å²) in [6, 6.07) is 6.83. The Labute approximate surface area is 132 Å². The minimum atomic E-state index is -0.861. The maximum atomic E-state index is 13.1. The van der Waals surface area contributed by atoms with E-state index in [-0.39, 0.29) is 37.0 Å². The highest BCUT2D eigenvalue weighted by atomic mass is 16.2. The SMILES string of the molecule is O=C1CCC(N2C(=O)CC3(CCc4ccccc43)C2=O)C(=O)N1. The van der Waals surface area contributed by atoms with Gasteiger partial charge in [-0.2, -0.15) is 0 Å². The molecule has 0 aromatic heterocycles. The van der Waals surface area contributed by atoms with Crippen molar-refractivity contribution in [1.29, 1.82) is 0 Å². The molecule has 118 valence electrons. The lowest BCUT2D eigenvalue weighted by atomic mass is 9.80. The van der Waals surface area contributed by atoms with Crippen LogP contribution in [0.25, 0.3) is 0 Å². The van der Waals surface area contributed by atoms with Crippen molar-refractivity contribution in [3.63, 3.8) is 0 Å². The van der Waals surface area contributed by atoms with Crippen molar-refractivity contribution in [2.45, 2.75) is 43.6 Å². The van der Waals surface area contributed by atoms with Gasteiger partial charge in [0.25, 0.3) is 0 Å². The Hall–Kier alpha value is -2.50. The van der Waals surface area contributed by atoms with Crippen molar-refractivity contribution < 1.29 is 19.2 Å². The number of fused-ring (bicyclic) bond motifs is 2. The molecule has 2 unspecified atom stereocenters. The summed E-state index contributed by atoms with van der Waals surface area (Å²) in [7, 11) is 0. The summed E-state index contributed by atoms with van der Waals surface area (Å²) >= 11 is 0. The first-order chi connectivity index (χ1) is 11.0. The number of aryl methyl sites for hydroxylation is 1. The fourth-order valence-corrected chi connectivity index (χ4v) is 4.10. The number of benzene rings is 1. The summed E-state index contributed by atoms with van der Waals surface area (Å²) in [6.45, 7) is 0. The average Bonchev–Trinajstić information content (AvgIpc) is 3.01. The highest BCUT2D eigenvalue weighted by Crippen LogP contribution is 2.47. The quantitative estimate of drug-likeness (QED) is 0.763. The van der Waals surface area contributed by atoms with Gasteiger partial charge in [0, 0.05) is 12.8 Å². The predicted molar refractivity (Wildman–Crippen MR) is 79.1 cm³/mol. The van der Waals surface area contributed by atoms with E-state index >= 15 is 0 Å². The topological polar surface area (TPSA) is 83.6 Å². The van der Waals surface area contributed by atoms with E-state index in [9.17, 15) is 19.2 Å². The zero-order chi connectivity index (χ0) is 16.2. The third-order valence-electron chi connectivity index (χ3n) is 5.23. The van der Waals surface area contributed by atoms with E-state index in [1.54, 1.807) is 0 Å². The first kappa shape index (κ1) is 14.1. The molecular formula is C17H16N2O4. The van der Waals surface area contributed by atoms with Crippen LogP contribution in [0.15, 0.2) is 24.3 Å². The lowest BCUT2D eigenvalue weighted by Gasteiger charge is -2.30. The number of rotatable bonds is 1. The zero-order valence-corrected chi connectivity index (χ0v) is 12.5. The van der Waals surface area contributed by atoms with Crippen LogP contribution < -0.4 is 5.32 Å². The van der Waals surface area contributed by atoms with E-state index in [0.717, 1.165) is 22.4 Å². The van der Waals surface area contributed by atoms with Crippen molar-refractivity contribution in [3.05, 3.63) is 35.4 Å². The van der Waals surface area contributed by atoms with Gasteiger partial charge in [0.15, 0.2) is 0 Å². The van der Waals surface area contributed by atoms with Crippen molar-refractivity contribution >= 4 is 23.6 Å². The third kappa shape index (κ3) is 1.87. The molecule has 2 atom stereocenters. The van der Waals surface area contributed by atoms with Crippen molar-refractivity contribution in [2.75, 3.05) is 0 Å². The number of hydrogen-bond donors (Lipinski definition) is 1. The molecule has 6 heteroatoms. The largest absolute Gasteiger partial charge is 0.295 e. The number of nitrogens with zero attached hydrogens (tertiary/aromatic N) is 1. The lowest BCUT2D eigenvalue weighted by molar-refractivity contribution is -0.151. The fourth-order valence-electron chi connectivity index (χ4n) is 4.10. The van der Waals surface area contributed by atoms with Gasteiger partial charge in [-0.05, 0) is 30.4 Å². The number of nitrogens with one attached hydrogen (secondary N) is 1. The van der Waals surface area contributed by atoms with Gasteiger partial charge in [0.05, 0.1) is 5.41 Å². The van der Waals surface area contributed by atoms with E-state index in [0.29, 0.717) is 6.42 Å². The molecule has 0 bridgehead atoms. The van der Waals surface area contributed by atoms with Gasteiger partial charge in [0.1, 0.15) is 6.04 Å². The Balaban J connectivity index is 1.71. The maximum Gasteiger partial charge on any atom is 0.249 e. The summed E-state index contributed by atoms with van der Waals surface area (Å²) in [6.07, 6.45) is 1.83. The van der Waals surface area contributed by atoms with Crippen LogP contribution in [0.1, 0.15) is 36.8 Å². The Morgan fingerprint density at radius 2 is 1.87 bits per heavy atom. The molecule has 0 radical (unpaired) electrons. The number of carbonyl (C=O) groups excluding carboxylic acids is 4. The molecule has 1 aromatic rings. The number of imide groups is 2. The number of hydrogen-bond acceptors (Lipinski definition) is 4. The summed E-state index contributed by atoms with van der Waals surface area (Å²) in [4.78, 5) is 50.0. The first-order valence-electron chi connectivity index (χ1n) is 7.81. The maximum absolute atomic E-state index is 13.1. The molecule has 4 amide bonds. The molecule has 2 saturated heterocycles. The molecular weight excluding hydrogens is 296 g/mol. The minimum Gasteiger partial charge on any atom is -0.295 e. The molecule has 2 fully saturated rings. The summed E-state index contributed by atoms with van der Waals surface area (Å²) in [5.74, 6) is -1.51. The Morgan fingerprint density at radius 3 is 2.65 bits per heavy atom. The van der Waals surface area contributed by atoms with E-state index in [4.69, 9.17) is 0 Å². The Bertz CT molecular complexity index is 757. The van der Waals surface area contributed by atoms with Crippen molar-refractivity contribution in [3.8, 4) is 0 Å². The van der Waals surface area contributed by atoms with Gasteiger partial charge in [0.2, 0.25) is 23.6 Å². The molecule has 1 N–H and O–H groups in total. The predicted octanol–water partition coefficient (Wildman–Crippen LogP) is 0.435. The molecule has 4 rings (SSSR count). The molecule has 1 aliphatic carbocycles. The normalized spacial score (nSPS) is 30.1. The molecule has 1 spiro atoms. The van der Waals surface area contributed by atoms with Crippen LogP contribution in [0.3, 0.4) is 0 Å². The van der Waals surface area contributed by atoms with Gasteiger partial charge in [-0.15, -0.1) is 0 Å². The Morgan fingerprint density at radius 1 is 1.09 bits per heavy atom. The second-order valence-electron chi connectivity index (χ2n) is 6.45. The summed E-state index contributed by atoms with van der Waals surface area (Å²) in [5, 5.41) is 2.22. The van der Waals surface area contributed by atoms with Gasteiger partial charge in [-0.1, -0.05) is 24.3 Å². The molecule has 2 aliphatic heterocycles. The monoisotopic (exact) mass is 312 g/mol. The van der Waals surface area contributed by atoms with Crippen LogP contribution in [0.4, 0.5) is 0 Å². The van der Waals surface area contributed by atoms with Crippen LogP contribution in [0.5, 0.6) is 0 Å². The van der Waals surface area contributed by atoms with Crippen LogP contribution in [-0.2, 0) is 31.0 Å². The molecule has 6 nitrogen and oxygen atoms in total. The van der Waals surface area contributed by atoms with Gasteiger partial charge >= 0.3 is 0 Å². The highest BCUT2D eigenvalue weighted by molar-refractivity contribution is 6.13. The summed E-state index contributed by atoms with van der Waals surface area (Å²) in [5.41, 5.74) is 1.18. The van der Waals surface area contributed by atoms with Gasteiger partial charge in [-0.3, -0.25) is 29.4 Å². The summed E-state index contributed by atoms with van der Waals surface area (Å²) < 4.78 is 0. The highest BCUT2D eigenvalue weighted by Gasteiger charge is 2.58. The van der Waals surface area contributed by atoms with Crippen LogP contribution in [0.2, 0.25) is 0 Å². The fraction of sp³-hybridized carbons (Fsp3) is 0.412. The molecule has 0 saturated carbocycles. The second kappa shape index (κ2) is 4.75. The number of likely N-dealkylation sites (tertiary alicyclic amines) is 1. The standard InChI is InChI=1S/C17H16N2O4/c20-13-6-5-12(15(22)18-13)19-14(21)9-17(16(19)23)8-7-10-3-1-2-4-11(10)17/h1-4,12H,5-9H2,(H,18,20,22). The van der Waals surface area contributed by atoms with Crippen LogP contribution >= 0.6 is 0 Å². The number of amides is 4. The zero-order valence-electron chi connectivity index (χ0n) is 12.5. The smallest absolute Gasteiger partial charge is 0.249 e. The third-order valence-corrected chi connectivity index (χ3v) is 5.23. The lowest BCUT2D eigenvalue weighted by Crippen LogP contribution is -2.55. The second-order valence-corrected chi connectivity index (χ2v) is 6.45. The average molecular weight is 312 g/mol. The molecule has 3 aliphatic rings. The molecule has 1 aromatic carbocycles. The first-order valence-corrected chi connectivity index (χ1v) is 7.81. The minimum absolute atomic E-state index is 0.112. The van der Waals surface area contributed by atoms with Crippen molar-refractivity contribution in [2.24, 2.45) is 0 Å². The Kier molecular flexibility index (Phi) is 2.91. The van der Waals surface area contributed by atoms with Crippen LogP contribution in [-0.4, -0.2) is 34.6 Å². The van der Waals surface area contributed by atoms with E-state index in [2.05, 4.69) is 5.32 Å². The number of piperidine rings is 1. The molecule has 23 heavy (non-hydrogen) atoms. The van der Waals surface area contributed by atoms with E-state index in [1.165, 1.54) is 0 Å². The molecule has 2 heterocycles. The van der Waals surface area contributed by atoms with E-state index < -0.39 is 17.4 Å². The van der Waals surface area contributed by atoms with Crippen molar-refractivity contribution in [1.82, 2.24) is 10.2 Å². The number of carbonyl (C=O) groups is 4. The van der Waals surface area contributed by atoms with Gasteiger partial charge < -0.3 is 0 Å².